The Balaban J connectivity index is 0.000000404. The van der Waals surface area contributed by atoms with Crippen LogP contribution in [0.25, 0.3) is 0 Å². The SMILES string of the molecule is C=CC1=CCCC=C1/C=C(\C)C(=O)N(C=N)[C@H](CC)CCC.CCN(CCNC)c1ccsc1. The van der Waals surface area contributed by atoms with Crippen molar-refractivity contribution in [3.05, 3.63) is 64.4 Å². The number of thiophene rings is 1. The summed E-state index contributed by atoms with van der Waals surface area (Å²) in [5.74, 6) is -0.0785. The van der Waals surface area contributed by atoms with E-state index in [2.05, 4.69) is 66.5 Å². The van der Waals surface area contributed by atoms with Gasteiger partial charge in [-0.1, -0.05) is 45.1 Å². The van der Waals surface area contributed by atoms with E-state index in [4.69, 9.17) is 5.41 Å². The van der Waals surface area contributed by atoms with Gasteiger partial charge in [0.05, 0.1) is 6.34 Å². The van der Waals surface area contributed by atoms with Crippen molar-refractivity contribution in [2.45, 2.75) is 65.8 Å². The highest BCUT2D eigenvalue weighted by Gasteiger charge is 2.21. The van der Waals surface area contributed by atoms with Crippen LogP contribution in [-0.2, 0) is 4.79 Å². The lowest BCUT2D eigenvalue weighted by Gasteiger charge is -2.27. The summed E-state index contributed by atoms with van der Waals surface area (Å²) in [6.07, 6.45) is 14.0. The third-order valence-electron chi connectivity index (χ3n) is 5.90. The Bertz CT molecular complexity index is 839. The molecule has 0 saturated carbocycles. The van der Waals surface area contributed by atoms with Crippen molar-refractivity contribution in [3.63, 3.8) is 0 Å². The number of nitrogens with one attached hydrogen (secondary N) is 2. The Morgan fingerprint density at radius 2 is 1.97 bits per heavy atom. The molecule has 1 aromatic heterocycles. The van der Waals surface area contributed by atoms with Crippen LogP contribution >= 0.6 is 11.3 Å². The molecule has 1 amide bonds. The number of nitrogens with zero attached hydrogens (tertiary/aromatic N) is 2. The third-order valence-corrected chi connectivity index (χ3v) is 6.57. The number of hydrogen-bond donors (Lipinski definition) is 2. The van der Waals surface area contributed by atoms with Gasteiger partial charge < -0.3 is 10.2 Å². The van der Waals surface area contributed by atoms with Crippen molar-refractivity contribution >= 4 is 29.3 Å². The second-order valence-electron chi connectivity index (χ2n) is 8.28. The van der Waals surface area contributed by atoms with Gasteiger partial charge in [0.2, 0.25) is 0 Å². The van der Waals surface area contributed by atoms with Crippen molar-refractivity contribution in [3.8, 4) is 0 Å². The minimum Gasteiger partial charge on any atom is -0.370 e. The molecule has 0 unspecified atom stereocenters. The monoisotopic (exact) mass is 484 g/mol. The van der Waals surface area contributed by atoms with E-state index in [1.165, 1.54) is 12.0 Å². The van der Waals surface area contributed by atoms with E-state index in [0.29, 0.717) is 5.57 Å². The molecule has 5 nitrogen and oxygen atoms in total. The van der Waals surface area contributed by atoms with Crippen LogP contribution in [0.5, 0.6) is 0 Å². The van der Waals surface area contributed by atoms with Crippen molar-refractivity contribution in [1.82, 2.24) is 10.2 Å². The zero-order valence-electron chi connectivity index (χ0n) is 21.8. The van der Waals surface area contributed by atoms with Crippen LogP contribution in [0, 0.1) is 5.41 Å². The maximum absolute atomic E-state index is 12.7. The van der Waals surface area contributed by atoms with Crippen LogP contribution in [0.4, 0.5) is 5.69 Å². The predicted octanol–water partition coefficient (Wildman–Crippen LogP) is 6.57. The summed E-state index contributed by atoms with van der Waals surface area (Å²) >= 11 is 1.75. The molecule has 34 heavy (non-hydrogen) atoms. The number of anilines is 1. The highest BCUT2D eigenvalue weighted by atomic mass is 32.1. The summed E-state index contributed by atoms with van der Waals surface area (Å²) in [5.41, 5.74) is 4.15. The maximum atomic E-state index is 12.7. The molecule has 2 N–H and O–H groups in total. The summed E-state index contributed by atoms with van der Waals surface area (Å²) in [5, 5.41) is 15.1. The molecule has 1 heterocycles. The summed E-state index contributed by atoms with van der Waals surface area (Å²) in [4.78, 5) is 16.6. The molecule has 0 aliphatic heterocycles. The summed E-state index contributed by atoms with van der Waals surface area (Å²) < 4.78 is 0. The fraction of sp³-hybridized carbons (Fsp3) is 0.500. The minimum absolute atomic E-state index is 0.0785. The molecular weight excluding hydrogens is 440 g/mol. The molecule has 0 radical (unpaired) electrons. The van der Waals surface area contributed by atoms with E-state index in [-0.39, 0.29) is 11.9 Å². The van der Waals surface area contributed by atoms with Gasteiger partial charge in [-0.25, -0.2) is 0 Å². The Labute approximate surface area is 211 Å². The third kappa shape index (κ3) is 9.43. The first-order chi connectivity index (χ1) is 16.5. The van der Waals surface area contributed by atoms with Gasteiger partial charge in [0, 0.05) is 42.3 Å². The van der Waals surface area contributed by atoms with Gasteiger partial charge in [-0.05, 0) is 75.2 Å². The highest BCUT2D eigenvalue weighted by Crippen LogP contribution is 2.23. The summed E-state index contributed by atoms with van der Waals surface area (Å²) in [6, 6.07) is 2.28. The zero-order valence-corrected chi connectivity index (χ0v) is 22.6. The number of likely N-dealkylation sites (N-methyl/N-ethyl adjacent to an activating group) is 2. The summed E-state index contributed by atoms with van der Waals surface area (Å²) in [6.45, 7) is 15.2. The Hall–Kier alpha value is -2.44. The molecule has 0 saturated heterocycles. The van der Waals surface area contributed by atoms with E-state index in [9.17, 15) is 4.79 Å². The first-order valence-electron chi connectivity index (χ1n) is 12.4. The standard InChI is InChI=1S/C19H28N2O.C9H16N2S/c1-5-10-18(7-3)21(14-20)19(22)15(4)13-17-12-9-8-11-16(17)6-2;1-3-11(6-5-10-2)9-4-7-12-8-9/h6,11-14,18,20H,2,5,7-10H2,1,3-4H3;4,7-8,10H,3,5-6H2,1-2H3/b15-13+,20-14?;/t18-;/m1./s1. The van der Waals surface area contributed by atoms with Gasteiger partial charge in [0.1, 0.15) is 0 Å². The minimum atomic E-state index is -0.0785. The number of rotatable bonds is 13. The lowest BCUT2D eigenvalue weighted by atomic mass is 9.95. The number of amides is 1. The van der Waals surface area contributed by atoms with E-state index in [1.54, 1.807) is 16.2 Å². The van der Waals surface area contributed by atoms with Crippen molar-refractivity contribution < 1.29 is 4.79 Å². The number of allylic oxidation sites excluding steroid dienone is 6. The van der Waals surface area contributed by atoms with Gasteiger partial charge in [0.25, 0.3) is 5.91 Å². The second-order valence-corrected chi connectivity index (χ2v) is 9.06. The van der Waals surface area contributed by atoms with Crippen LogP contribution in [0.3, 0.4) is 0 Å². The van der Waals surface area contributed by atoms with Gasteiger partial charge in [-0.15, -0.1) is 0 Å². The Kier molecular flexibility index (Phi) is 14.9. The van der Waals surface area contributed by atoms with E-state index >= 15 is 0 Å². The molecule has 188 valence electrons. The zero-order chi connectivity index (χ0) is 25.3. The second kappa shape index (κ2) is 17.1. The Morgan fingerprint density at radius 1 is 1.26 bits per heavy atom. The van der Waals surface area contributed by atoms with Crippen molar-refractivity contribution in [2.75, 3.05) is 31.6 Å². The molecular formula is C28H44N4OS. The molecule has 1 aliphatic rings. The topological polar surface area (TPSA) is 59.4 Å². The van der Waals surface area contributed by atoms with Crippen molar-refractivity contribution in [2.24, 2.45) is 0 Å². The molecule has 0 fully saturated rings. The first kappa shape index (κ1) is 29.6. The molecule has 1 aliphatic carbocycles. The van der Waals surface area contributed by atoms with Crippen LogP contribution < -0.4 is 10.2 Å². The predicted molar refractivity (Wildman–Crippen MR) is 150 cm³/mol. The molecule has 1 atom stereocenters. The molecule has 6 heteroatoms. The summed E-state index contributed by atoms with van der Waals surface area (Å²) in [7, 11) is 1.99. The van der Waals surface area contributed by atoms with Crippen LogP contribution in [0.15, 0.2) is 64.4 Å². The largest absolute Gasteiger partial charge is 0.370 e. The average Bonchev–Trinajstić information content (AvgIpc) is 3.39. The Morgan fingerprint density at radius 3 is 2.47 bits per heavy atom. The molecule has 0 bridgehead atoms. The van der Waals surface area contributed by atoms with Gasteiger partial charge >= 0.3 is 0 Å². The van der Waals surface area contributed by atoms with Crippen LogP contribution in [0.2, 0.25) is 0 Å². The van der Waals surface area contributed by atoms with Gasteiger partial charge in [-0.2, -0.15) is 11.3 Å². The maximum Gasteiger partial charge on any atom is 0.254 e. The highest BCUT2D eigenvalue weighted by molar-refractivity contribution is 7.08. The first-order valence-corrected chi connectivity index (χ1v) is 13.4. The van der Waals surface area contributed by atoms with Crippen molar-refractivity contribution in [1.29, 1.82) is 5.41 Å². The molecule has 2 rings (SSSR count). The lowest BCUT2D eigenvalue weighted by Crippen LogP contribution is -2.39. The lowest BCUT2D eigenvalue weighted by molar-refractivity contribution is -0.124. The quantitative estimate of drug-likeness (QED) is 0.189. The normalized spacial score (nSPS) is 14.2. The van der Waals surface area contributed by atoms with E-state index in [1.807, 2.05) is 26.1 Å². The fourth-order valence-electron chi connectivity index (χ4n) is 3.91. The van der Waals surface area contributed by atoms with Crippen LogP contribution in [-0.4, -0.2) is 49.9 Å². The molecule has 1 aromatic rings. The van der Waals surface area contributed by atoms with Gasteiger partial charge in [-0.3, -0.25) is 15.1 Å². The smallest absolute Gasteiger partial charge is 0.254 e. The van der Waals surface area contributed by atoms with Crippen LogP contribution in [0.1, 0.15) is 59.8 Å². The number of carbonyl (C=O) groups excluding carboxylic acids is 1. The van der Waals surface area contributed by atoms with Gasteiger partial charge in [0.15, 0.2) is 0 Å². The van der Waals surface area contributed by atoms with E-state index < -0.39 is 0 Å². The number of hydrogen-bond acceptors (Lipinski definition) is 5. The fourth-order valence-corrected chi connectivity index (χ4v) is 4.58. The number of carbonyl (C=O) groups is 1. The average molecular weight is 485 g/mol. The van der Waals surface area contributed by atoms with E-state index in [0.717, 1.165) is 62.9 Å². The molecule has 0 spiro atoms. The molecule has 0 aromatic carbocycles.